The normalized spacial score (nSPS) is 20.9. The van der Waals surface area contributed by atoms with Crippen LogP contribution in [0.3, 0.4) is 0 Å². The van der Waals surface area contributed by atoms with Crippen LogP contribution in [0.25, 0.3) is 0 Å². The number of rotatable bonds is 6. The van der Waals surface area contributed by atoms with Crippen molar-refractivity contribution in [3.8, 4) is 0 Å². The minimum absolute atomic E-state index is 0. The highest BCUT2D eigenvalue weighted by Gasteiger charge is 2.24. The molecule has 2 aliphatic heterocycles. The summed E-state index contributed by atoms with van der Waals surface area (Å²) in [7, 11) is 1.82. The number of amides is 1. The summed E-state index contributed by atoms with van der Waals surface area (Å²) in [6, 6.07) is 0.381. The smallest absolute Gasteiger partial charge is 0.225 e. The highest BCUT2D eigenvalue weighted by Crippen LogP contribution is 2.13. The van der Waals surface area contributed by atoms with Gasteiger partial charge in [0.25, 0.3) is 0 Å². The third-order valence-corrected chi connectivity index (χ3v) is 5.16. The van der Waals surface area contributed by atoms with Gasteiger partial charge in [0.05, 0.1) is 13.2 Å². The number of nitrogens with one attached hydrogen (secondary N) is 2. The van der Waals surface area contributed by atoms with Crippen LogP contribution in [0, 0.1) is 11.8 Å². The van der Waals surface area contributed by atoms with Crippen molar-refractivity contribution < 1.29 is 9.53 Å². The van der Waals surface area contributed by atoms with Gasteiger partial charge in [-0.15, -0.1) is 24.0 Å². The molecule has 2 fully saturated rings. The topological polar surface area (TPSA) is 69.2 Å². The predicted octanol–water partition coefficient (Wildman–Crippen LogP) is 1.38. The van der Waals surface area contributed by atoms with E-state index < -0.39 is 0 Å². The number of likely N-dealkylation sites (tertiary alicyclic amines) is 1. The fourth-order valence-electron chi connectivity index (χ4n) is 3.56. The summed E-state index contributed by atoms with van der Waals surface area (Å²) >= 11 is 0. The average molecular weight is 495 g/mol. The molecule has 158 valence electrons. The lowest BCUT2D eigenvalue weighted by Crippen LogP contribution is -2.51. The number of carbonyl (C=O) groups is 1. The molecule has 0 aromatic carbocycles. The van der Waals surface area contributed by atoms with E-state index in [1.165, 1.54) is 0 Å². The molecule has 0 spiro atoms. The third-order valence-electron chi connectivity index (χ3n) is 5.16. The molecule has 27 heavy (non-hydrogen) atoms. The second kappa shape index (κ2) is 12.8. The Balaban J connectivity index is 0.00000364. The summed E-state index contributed by atoms with van der Waals surface area (Å²) in [5.74, 6) is 1.77. The zero-order valence-electron chi connectivity index (χ0n) is 17.4. The molecule has 1 amide bonds. The predicted molar refractivity (Wildman–Crippen MR) is 121 cm³/mol. The molecule has 0 aromatic rings. The van der Waals surface area contributed by atoms with Crippen LogP contribution in [0.15, 0.2) is 4.99 Å². The van der Waals surface area contributed by atoms with E-state index in [0.29, 0.717) is 12.0 Å². The number of piperidine rings is 1. The zero-order chi connectivity index (χ0) is 18.9. The summed E-state index contributed by atoms with van der Waals surface area (Å²) in [5.41, 5.74) is 0. The van der Waals surface area contributed by atoms with Gasteiger partial charge in [0, 0.05) is 58.3 Å². The van der Waals surface area contributed by atoms with Crippen LogP contribution in [0.2, 0.25) is 0 Å². The van der Waals surface area contributed by atoms with E-state index >= 15 is 0 Å². The molecule has 0 aromatic heterocycles. The number of halogens is 1. The Bertz CT molecular complexity index is 461. The van der Waals surface area contributed by atoms with Crippen molar-refractivity contribution in [1.82, 2.24) is 20.4 Å². The number of guanidine groups is 1. The van der Waals surface area contributed by atoms with Gasteiger partial charge in [-0.2, -0.15) is 0 Å². The lowest BCUT2D eigenvalue weighted by molar-refractivity contribution is -0.135. The lowest BCUT2D eigenvalue weighted by atomic mass is 10.0. The van der Waals surface area contributed by atoms with E-state index in [0.717, 1.165) is 71.3 Å². The molecule has 0 bridgehead atoms. The van der Waals surface area contributed by atoms with Gasteiger partial charge in [-0.1, -0.05) is 20.8 Å². The van der Waals surface area contributed by atoms with Gasteiger partial charge in [0.15, 0.2) is 5.96 Å². The Morgan fingerprint density at radius 3 is 2.33 bits per heavy atom. The standard InChI is InChI=1S/C19H37N5O2.HI/c1-15(2)18(25)24-7-5-17(6-8-24)22-19(20-4)21-13-16(3)14-23-9-11-26-12-10-23;/h15-17H,5-14H2,1-4H3,(H2,20,21,22);1H. The Kier molecular flexibility index (Phi) is 11.6. The summed E-state index contributed by atoms with van der Waals surface area (Å²) in [5, 5.41) is 6.98. The molecule has 2 aliphatic rings. The maximum absolute atomic E-state index is 12.1. The monoisotopic (exact) mass is 495 g/mol. The quantitative estimate of drug-likeness (QED) is 0.331. The van der Waals surface area contributed by atoms with Crippen molar-refractivity contribution >= 4 is 35.8 Å². The number of morpholine rings is 1. The molecule has 0 saturated carbocycles. The minimum Gasteiger partial charge on any atom is -0.379 e. The van der Waals surface area contributed by atoms with Crippen molar-refractivity contribution in [1.29, 1.82) is 0 Å². The Hall–Kier alpha value is -0.610. The van der Waals surface area contributed by atoms with Gasteiger partial charge in [-0.25, -0.2) is 0 Å². The molecule has 7 nitrogen and oxygen atoms in total. The number of carbonyl (C=O) groups excluding carboxylic acids is 1. The van der Waals surface area contributed by atoms with Crippen LogP contribution in [-0.4, -0.2) is 87.2 Å². The molecule has 2 saturated heterocycles. The first kappa shape index (κ1) is 24.4. The summed E-state index contributed by atoms with van der Waals surface area (Å²) in [4.78, 5) is 20.9. The first-order valence-corrected chi connectivity index (χ1v) is 10.1. The molecule has 0 radical (unpaired) electrons. The fraction of sp³-hybridized carbons (Fsp3) is 0.895. The first-order valence-electron chi connectivity index (χ1n) is 10.1. The fourth-order valence-corrected chi connectivity index (χ4v) is 3.56. The molecule has 2 rings (SSSR count). The molecular weight excluding hydrogens is 457 g/mol. The van der Waals surface area contributed by atoms with E-state index in [4.69, 9.17) is 4.74 Å². The third kappa shape index (κ3) is 8.51. The van der Waals surface area contributed by atoms with Crippen molar-refractivity contribution in [3.63, 3.8) is 0 Å². The van der Waals surface area contributed by atoms with Crippen LogP contribution < -0.4 is 10.6 Å². The van der Waals surface area contributed by atoms with Crippen LogP contribution >= 0.6 is 24.0 Å². The highest BCUT2D eigenvalue weighted by molar-refractivity contribution is 14.0. The average Bonchev–Trinajstić information content (AvgIpc) is 2.65. The number of ether oxygens (including phenoxy) is 1. The number of hydrogen-bond donors (Lipinski definition) is 2. The van der Waals surface area contributed by atoms with Crippen LogP contribution in [0.5, 0.6) is 0 Å². The largest absolute Gasteiger partial charge is 0.379 e. The van der Waals surface area contributed by atoms with Gasteiger partial charge in [0.2, 0.25) is 5.91 Å². The van der Waals surface area contributed by atoms with Gasteiger partial charge in [-0.05, 0) is 18.8 Å². The molecule has 0 aliphatic carbocycles. The zero-order valence-corrected chi connectivity index (χ0v) is 19.7. The number of aliphatic imine (C=N–C) groups is 1. The first-order chi connectivity index (χ1) is 12.5. The second-order valence-electron chi connectivity index (χ2n) is 7.87. The van der Waals surface area contributed by atoms with Crippen LogP contribution in [-0.2, 0) is 9.53 Å². The van der Waals surface area contributed by atoms with Crippen molar-refractivity contribution in [2.24, 2.45) is 16.8 Å². The van der Waals surface area contributed by atoms with Gasteiger partial charge >= 0.3 is 0 Å². The van der Waals surface area contributed by atoms with Gasteiger partial charge in [0.1, 0.15) is 0 Å². The molecular formula is C19H38IN5O2. The van der Waals surface area contributed by atoms with E-state index in [1.807, 2.05) is 25.8 Å². The molecule has 2 N–H and O–H groups in total. The highest BCUT2D eigenvalue weighted by atomic mass is 127. The number of nitrogens with zero attached hydrogens (tertiary/aromatic N) is 3. The molecule has 1 unspecified atom stereocenters. The van der Waals surface area contributed by atoms with Crippen LogP contribution in [0.1, 0.15) is 33.6 Å². The van der Waals surface area contributed by atoms with E-state index in [1.54, 1.807) is 0 Å². The van der Waals surface area contributed by atoms with Gasteiger partial charge < -0.3 is 20.3 Å². The Labute approximate surface area is 181 Å². The Morgan fingerprint density at radius 2 is 1.78 bits per heavy atom. The van der Waals surface area contributed by atoms with E-state index in [9.17, 15) is 4.79 Å². The second-order valence-corrected chi connectivity index (χ2v) is 7.87. The lowest BCUT2D eigenvalue weighted by Gasteiger charge is -2.34. The summed E-state index contributed by atoms with van der Waals surface area (Å²) in [6.07, 6.45) is 1.95. The molecule has 1 atom stereocenters. The number of hydrogen-bond acceptors (Lipinski definition) is 4. The van der Waals surface area contributed by atoms with Crippen molar-refractivity contribution in [3.05, 3.63) is 0 Å². The van der Waals surface area contributed by atoms with E-state index in [-0.39, 0.29) is 35.8 Å². The van der Waals surface area contributed by atoms with Gasteiger partial charge in [-0.3, -0.25) is 14.7 Å². The van der Waals surface area contributed by atoms with Crippen LogP contribution in [0.4, 0.5) is 0 Å². The maximum atomic E-state index is 12.1. The SMILES string of the molecule is CN=C(NCC(C)CN1CCOCC1)NC1CCN(C(=O)C(C)C)CC1.I. The van der Waals surface area contributed by atoms with Crippen molar-refractivity contribution in [2.75, 3.05) is 59.5 Å². The summed E-state index contributed by atoms with van der Waals surface area (Å²) < 4.78 is 5.41. The van der Waals surface area contributed by atoms with E-state index in [2.05, 4.69) is 27.4 Å². The van der Waals surface area contributed by atoms with Crippen molar-refractivity contribution in [2.45, 2.75) is 39.7 Å². The molecule has 8 heteroatoms. The maximum Gasteiger partial charge on any atom is 0.225 e. The Morgan fingerprint density at radius 1 is 1.15 bits per heavy atom. The minimum atomic E-state index is 0. The molecule has 2 heterocycles. The summed E-state index contributed by atoms with van der Waals surface area (Å²) in [6.45, 7) is 13.6.